The van der Waals surface area contributed by atoms with Crippen LogP contribution in [0, 0.1) is 11.3 Å². The minimum absolute atomic E-state index is 0.0629. The van der Waals surface area contributed by atoms with Gasteiger partial charge in [-0.1, -0.05) is 0 Å². The number of aromatic hydroxyl groups is 2. The van der Waals surface area contributed by atoms with Crippen LogP contribution in [0.1, 0.15) is 11.1 Å². The molecule has 0 aromatic heterocycles. The van der Waals surface area contributed by atoms with Gasteiger partial charge in [-0.15, -0.1) is 0 Å². The van der Waals surface area contributed by atoms with E-state index in [1.807, 2.05) is 0 Å². The monoisotopic (exact) mass is 447 g/mol. The van der Waals surface area contributed by atoms with Crippen LogP contribution in [0.15, 0.2) is 50.7 Å². The van der Waals surface area contributed by atoms with Crippen LogP contribution in [0.5, 0.6) is 11.5 Å². The van der Waals surface area contributed by atoms with Gasteiger partial charge in [-0.3, -0.25) is 0 Å². The largest absolute Gasteiger partial charge is 0.504 e. The zero-order chi connectivity index (χ0) is 19.7. The van der Waals surface area contributed by atoms with Gasteiger partial charge in [-0.2, -0.15) is 18.4 Å². The Morgan fingerprint density at radius 2 is 1.73 bits per heavy atom. The number of hydrogen-bond donors (Lipinski definition) is 2. The highest BCUT2D eigenvalue weighted by Crippen LogP contribution is 2.35. The number of hydrogen-bond acceptors (Lipinski definition) is 5. The lowest BCUT2D eigenvalue weighted by molar-refractivity contribution is -0.137. The van der Waals surface area contributed by atoms with Crippen LogP contribution >= 0.6 is 15.9 Å². The first-order valence-electron chi connectivity index (χ1n) is 6.72. The Bertz CT molecular complexity index is 1000. The van der Waals surface area contributed by atoms with Crippen LogP contribution in [-0.2, 0) is 16.0 Å². The van der Waals surface area contributed by atoms with Gasteiger partial charge in [0.15, 0.2) is 11.5 Å². The first-order valence-corrected chi connectivity index (χ1v) is 9.00. The number of nitriles is 1. The molecule has 2 aromatic carbocycles. The van der Waals surface area contributed by atoms with Crippen molar-refractivity contribution in [3.05, 3.63) is 56.9 Å². The molecule has 136 valence electrons. The van der Waals surface area contributed by atoms with Gasteiger partial charge in [0.05, 0.1) is 14.9 Å². The fraction of sp³-hybridized carbons (Fsp3) is 0.0625. The summed E-state index contributed by atoms with van der Waals surface area (Å²) in [5.41, 5.74) is -0.939. The van der Waals surface area contributed by atoms with Crippen molar-refractivity contribution >= 4 is 31.8 Å². The van der Waals surface area contributed by atoms with E-state index in [0.717, 1.165) is 24.3 Å². The van der Waals surface area contributed by atoms with Gasteiger partial charge in [-0.05, 0) is 64.0 Å². The van der Waals surface area contributed by atoms with E-state index in [0.29, 0.717) is 12.1 Å². The second kappa shape index (κ2) is 7.01. The minimum Gasteiger partial charge on any atom is -0.504 e. The van der Waals surface area contributed by atoms with E-state index in [4.69, 9.17) is 5.26 Å². The van der Waals surface area contributed by atoms with Gasteiger partial charge in [0.25, 0.3) is 0 Å². The lowest BCUT2D eigenvalue weighted by atomic mass is 10.2. The van der Waals surface area contributed by atoms with Crippen LogP contribution in [0.2, 0.25) is 0 Å². The number of halogens is 4. The maximum atomic E-state index is 12.6. The second-order valence-electron chi connectivity index (χ2n) is 5.02. The summed E-state index contributed by atoms with van der Waals surface area (Å²) < 4.78 is 62.7. The Balaban J connectivity index is 2.51. The van der Waals surface area contributed by atoms with E-state index in [2.05, 4.69) is 15.9 Å². The summed E-state index contributed by atoms with van der Waals surface area (Å²) in [5, 5.41) is 28.2. The molecule has 0 radical (unpaired) electrons. The second-order valence-corrected chi connectivity index (χ2v) is 7.79. The van der Waals surface area contributed by atoms with Gasteiger partial charge in [-0.25, -0.2) is 8.42 Å². The fourth-order valence-corrected chi connectivity index (χ4v) is 3.59. The van der Waals surface area contributed by atoms with Crippen molar-refractivity contribution in [1.29, 1.82) is 5.26 Å². The van der Waals surface area contributed by atoms with Crippen LogP contribution in [0.4, 0.5) is 13.2 Å². The van der Waals surface area contributed by atoms with Crippen LogP contribution in [0.25, 0.3) is 6.08 Å². The average Bonchev–Trinajstić information content (AvgIpc) is 2.56. The summed E-state index contributed by atoms with van der Waals surface area (Å²) in [6, 6.07) is 6.48. The SMILES string of the molecule is N#C/C(=C/c1cc(O)c(O)c(Br)c1)S(=O)(=O)c1ccc(C(F)(F)F)cc1. The smallest absolute Gasteiger partial charge is 0.416 e. The van der Waals surface area contributed by atoms with Gasteiger partial charge in [0, 0.05) is 0 Å². The van der Waals surface area contributed by atoms with Crippen molar-refractivity contribution in [2.45, 2.75) is 11.1 Å². The lowest BCUT2D eigenvalue weighted by Crippen LogP contribution is -2.07. The van der Waals surface area contributed by atoms with Gasteiger partial charge in [0.1, 0.15) is 11.0 Å². The molecular formula is C16H9BrF3NO4S. The van der Waals surface area contributed by atoms with Crippen molar-refractivity contribution in [2.24, 2.45) is 0 Å². The third-order valence-corrected chi connectivity index (χ3v) is 5.54. The summed E-state index contributed by atoms with van der Waals surface area (Å²) in [5.74, 6) is -1.01. The van der Waals surface area contributed by atoms with Crippen molar-refractivity contribution in [1.82, 2.24) is 0 Å². The van der Waals surface area contributed by atoms with E-state index >= 15 is 0 Å². The number of rotatable bonds is 3. The number of benzene rings is 2. The Morgan fingerprint density at radius 1 is 1.15 bits per heavy atom. The topological polar surface area (TPSA) is 98.4 Å². The number of nitrogens with zero attached hydrogens (tertiary/aromatic N) is 1. The first-order chi connectivity index (χ1) is 12.0. The summed E-state index contributed by atoms with van der Waals surface area (Å²) in [4.78, 5) is -1.23. The summed E-state index contributed by atoms with van der Waals surface area (Å²) in [6.07, 6.45) is -3.69. The highest BCUT2D eigenvalue weighted by Gasteiger charge is 2.31. The van der Waals surface area contributed by atoms with E-state index in [1.165, 1.54) is 12.1 Å². The minimum atomic E-state index is -4.62. The Morgan fingerprint density at radius 3 is 2.19 bits per heavy atom. The molecule has 2 aromatic rings. The third kappa shape index (κ3) is 4.00. The van der Waals surface area contributed by atoms with Gasteiger partial charge >= 0.3 is 6.18 Å². The molecule has 0 amide bonds. The van der Waals surface area contributed by atoms with Crippen LogP contribution < -0.4 is 0 Å². The molecule has 0 aliphatic rings. The molecule has 0 spiro atoms. The molecule has 2 N–H and O–H groups in total. The molecule has 0 bridgehead atoms. The fourth-order valence-electron chi connectivity index (χ4n) is 1.96. The van der Waals surface area contributed by atoms with E-state index < -0.39 is 42.9 Å². The maximum absolute atomic E-state index is 12.6. The number of phenols is 2. The molecule has 2 rings (SSSR count). The molecule has 0 aliphatic carbocycles. The van der Waals surface area contributed by atoms with Crippen LogP contribution in [0.3, 0.4) is 0 Å². The zero-order valence-corrected chi connectivity index (χ0v) is 15.0. The highest BCUT2D eigenvalue weighted by atomic mass is 79.9. The molecule has 0 saturated carbocycles. The molecule has 0 unspecified atom stereocenters. The van der Waals surface area contributed by atoms with Crippen molar-refractivity contribution in [2.75, 3.05) is 0 Å². The van der Waals surface area contributed by atoms with E-state index in [1.54, 1.807) is 0 Å². The maximum Gasteiger partial charge on any atom is 0.416 e. The Hall–Kier alpha value is -2.51. The average molecular weight is 448 g/mol. The van der Waals surface area contributed by atoms with E-state index in [9.17, 15) is 31.8 Å². The third-order valence-electron chi connectivity index (χ3n) is 3.26. The number of alkyl halides is 3. The lowest BCUT2D eigenvalue weighted by Gasteiger charge is -2.08. The van der Waals surface area contributed by atoms with Gasteiger partial charge in [0.2, 0.25) is 9.84 Å². The highest BCUT2D eigenvalue weighted by molar-refractivity contribution is 9.10. The molecule has 10 heteroatoms. The molecule has 5 nitrogen and oxygen atoms in total. The molecule has 26 heavy (non-hydrogen) atoms. The van der Waals surface area contributed by atoms with Crippen LogP contribution in [-0.4, -0.2) is 18.6 Å². The van der Waals surface area contributed by atoms with Crippen molar-refractivity contribution in [3.8, 4) is 17.6 Å². The van der Waals surface area contributed by atoms with Gasteiger partial charge < -0.3 is 10.2 Å². The molecule has 0 atom stereocenters. The predicted molar refractivity (Wildman–Crippen MR) is 89.7 cm³/mol. The Labute approximate surface area is 154 Å². The Kier molecular flexibility index (Phi) is 5.34. The van der Waals surface area contributed by atoms with E-state index in [-0.39, 0.29) is 10.0 Å². The standard InChI is InChI=1S/C16H9BrF3NO4S/c17-13-6-9(7-14(22)15(13)23)5-12(8-21)26(24,25)11-3-1-10(2-4-11)16(18,19)20/h1-7,22-23H/b12-5-. The van der Waals surface area contributed by atoms with Crippen molar-refractivity contribution < 1.29 is 31.8 Å². The predicted octanol–water partition coefficient (Wildman–Crippen LogP) is 4.22. The molecular weight excluding hydrogens is 439 g/mol. The molecule has 0 fully saturated rings. The summed E-state index contributed by atoms with van der Waals surface area (Å²) in [6.45, 7) is 0. The molecule has 0 saturated heterocycles. The molecule has 0 aliphatic heterocycles. The summed E-state index contributed by atoms with van der Waals surface area (Å²) >= 11 is 2.95. The first kappa shape index (κ1) is 19.8. The summed E-state index contributed by atoms with van der Waals surface area (Å²) in [7, 11) is -4.37. The zero-order valence-electron chi connectivity index (χ0n) is 12.6. The molecule has 0 heterocycles. The number of allylic oxidation sites excluding steroid dienone is 1. The number of sulfone groups is 1. The number of phenolic OH excluding ortho intramolecular Hbond substituents is 2. The quantitative estimate of drug-likeness (QED) is 0.542. The normalized spacial score (nSPS) is 12.7. The van der Waals surface area contributed by atoms with Crippen molar-refractivity contribution in [3.63, 3.8) is 0 Å².